The van der Waals surface area contributed by atoms with E-state index in [1.165, 1.54) is 18.4 Å². The predicted molar refractivity (Wildman–Crippen MR) is 103 cm³/mol. The zero-order valence-electron chi connectivity index (χ0n) is 15.4. The van der Waals surface area contributed by atoms with Gasteiger partial charge in [0, 0.05) is 18.6 Å². The van der Waals surface area contributed by atoms with Crippen LogP contribution >= 0.6 is 0 Å². The minimum atomic E-state index is -1.05. The van der Waals surface area contributed by atoms with E-state index >= 15 is 0 Å². The van der Waals surface area contributed by atoms with Gasteiger partial charge >= 0.3 is 5.97 Å². The van der Waals surface area contributed by atoms with Crippen LogP contribution in [0.2, 0.25) is 6.32 Å². The van der Waals surface area contributed by atoms with E-state index in [4.69, 9.17) is 5.73 Å². The van der Waals surface area contributed by atoms with Gasteiger partial charge in [-0.3, -0.25) is 9.69 Å². The fraction of sp³-hybridized carbons (Fsp3) is 0.650. The molecule has 2 heterocycles. The predicted octanol–water partition coefficient (Wildman–Crippen LogP) is 2.43. The van der Waals surface area contributed by atoms with Crippen LogP contribution in [0.25, 0.3) is 0 Å². The molecule has 0 spiro atoms. The third kappa shape index (κ3) is 3.93. The van der Waals surface area contributed by atoms with Gasteiger partial charge in [0.05, 0.1) is 0 Å². The van der Waals surface area contributed by atoms with Crippen LogP contribution in [0.1, 0.15) is 50.5 Å². The lowest BCUT2D eigenvalue weighted by Crippen LogP contribution is -2.58. The van der Waals surface area contributed by atoms with Gasteiger partial charge < -0.3 is 10.8 Å². The number of carbonyl (C=O) groups is 1. The molecule has 136 valence electrons. The minimum absolute atomic E-state index is 0.103. The van der Waals surface area contributed by atoms with E-state index in [2.05, 4.69) is 43.1 Å². The van der Waals surface area contributed by atoms with E-state index in [1.807, 2.05) is 0 Å². The third-order valence-corrected chi connectivity index (χ3v) is 6.41. The highest BCUT2D eigenvalue weighted by Gasteiger charge is 2.50. The summed E-state index contributed by atoms with van der Waals surface area (Å²) in [7, 11) is 2.14. The Morgan fingerprint density at radius 2 is 1.84 bits per heavy atom. The van der Waals surface area contributed by atoms with Crippen molar-refractivity contribution in [3.63, 3.8) is 0 Å². The summed E-state index contributed by atoms with van der Waals surface area (Å²) in [5, 5.41) is 9.84. The summed E-state index contributed by atoms with van der Waals surface area (Å²) in [5.41, 5.74) is 6.79. The number of aliphatic carboxylic acids is 1. The molecule has 1 aromatic rings. The highest BCUT2D eigenvalue weighted by Crippen LogP contribution is 2.44. The first-order valence-electron chi connectivity index (χ1n) is 9.86. The Balaban J connectivity index is 1.68. The van der Waals surface area contributed by atoms with Crippen molar-refractivity contribution in [1.29, 1.82) is 0 Å². The second-order valence-electron chi connectivity index (χ2n) is 8.01. The normalized spacial score (nSPS) is 28.6. The Morgan fingerprint density at radius 3 is 2.40 bits per heavy atom. The van der Waals surface area contributed by atoms with Gasteiger partial charge in [0.25, 0.3) is 0 Å². The fourth-order valence-corrected chi connectivity index (χ4v) is 4.90. The summed E-state index contributed by atoms with van der Waals surface area (Å²) in [4.78, 5) is 14.6. The van der Waals surface area contributed by atoms with Crippen molar-refractivity contribution in [1.82, 2.24) is 4.90 Å². The number of hydrogen-bond acceptors (Lipinski definition) is 3. The highest BCUT2D eigenvalue weighted by atomic mass is 16.4. The molecule has 0 radical (unpaired) electrons. The second-order valence-corrected chi connectivity index (χ2v) is 8.01. The molecule has 2 bridgehead atoms. The van der Waals surface area contributed by atoms with Gasteiger partial charge in [-0.15, -0.1) is 0 Å². The Kier molecular flexibility index (Phi) is 5.85. The molecule has 5 heteroatoms. The van der Waals surface area contributed by atoms with Crippen molar-refractivity contribution in [2.24, 2.45) is 11.7 Å². The maximum Gasteiger partial charge on any atom is 0.323 e. The van der Waals surface area contributed by atoms with Gasteiger partial charge in [-0.05, 0) is 43.6 Å². The molecule has 3 N–H and O–H groups in total. The van der Waals surface area contributed by atoms with Crippen LogP contribution in [-0.4, -0.2) is 41.4 Å². The van der Waals surface area contributed by atoms with Crippen molar-refractivity contribution in [3.05, 3.63) is 35.9 Å². The van der Waals surface area contributed by atoms with Crippen LogP contribution in [0.5, 0.6) is 0 Å². The molecule has 2 aliphatic heterocycles. The SMILES string of the molecule is BCCCCC(N)(C(=O)O)C1CC2CCC(C1)N2Cc1ccccc1. The van der Waals surface area contributed by atoms with Gasteiger partial charge in [-0.25, -0.2) is 0 Å². The smallest absolute Gasteiger partial charge is 0.323 e. The third-order valence-electron chi connectivity index (χ3n) is 6.41. The Hall–Kier alpha value is -1.33. The minimum Gasteiger partial charge on any atom is -0.480 e. The fourth-order valence-electron chi connectivity index (χ4n) is 4.90. The number of unbranched alkanes of at least 4 members (excludes halogenated alkanes) is 1. The number of benzene rings is 1. The Labute approximate surface area is 152 Å². The van der Waals surface area contributed by atoms with E-state index in [9.17, 15) is 9.90 Å². The highest BCUT2D eigenvalue weighted by molar-refractivity contribution is 6.08. The molecule has 1 aromatic carbocycles. The van der Waals surface area contributed by atoms with Gasteiger partial charge in [0.15, 0.2) is 0 Å². The van der Waals surface area contributed by atoms with Gasteiger partial charge in [-0.1, -0.05) is 49.5 Å². The first-order valence-corrected chi connectivity index (χ1v) is 9.86. The standard InChI is InChI=1S/C20H31BN2O2/c21-11-5-4-10-20(22,19(24)25)16-12-17-8-9-18(13-16)23(17)14-15-6-2-1-3-7-15/h1-3,6-7,16-18H,4-5,8-14,21-22H2,(H,24,25). The molecule has 2 saturated heterocycles. The zero-order valence-corrected chi connectivity index (χ0v) is 15.4. The summed E-state index contributed by atoms with van der Waals surface area (Å²) in [6, 6.07) is 11.6. The number of fused-ring (bicyclic) bond motifs is 2. The van der Waals surface area contributed by atoms with E-state index < -0.39 is 11.5 Å². The van der Waals surface area contributed by atoms with Crippen LogP contribution in [0.15, 0.2) is 30.3 Å². The lowest BCUT2D eigenvalue weighted by molar-refractivity contribution is -0.147. The van der Waals surface area contributed by atoms with E-state index in [0.29, 0.717) is 18.5 Å². The lowest BCUT2D eigenvalue weighted by atomic mass is 9.73. The number of nitrogens with zero attached hydrogens (tertiary/aromatic N) is 1. The number of nitrogens with two attached hydrogens (primary N) is 1. The van der Waals surface area contributed by atoms with Gasteiger partial charge in [0.1, 0.15) is 13.4 Å². The lowest BCUT2D eigenvalue weighted by Gasteiger charge is -2.44. The zero-order chi connectivity index (χ0) is 17.9. The summed E-state index contributed by atoms with van der Waals surface area (Å²) < 4.78 is 0. The van der Waals surface area contributed by atoms with Crippen LogP contribution in [0.3, 0.4) is 0 Å². The summed E-state index contributed by atoms with van der Waals surface area (Å²) in [6.45, 7) is 0.976. The topological polar surface area (TPSA) is 66.6 Å². The Morgan fingerprint density at radius 1 is 1.20 bits per heavy atom. The van der Waals surface area contributed by atoms with Crippen molar-refractivity contribution in [2.75, 3.05) is 0 Å². The molecule has 3 rings (SSSR count). The first-order chi connectivity index (χ1) is 12.0. The van der Waals surface area contributed by atoms with E-state index in [-0.39, 0.29) is 5.92 Å². The second kappa shape index (κ2) is 7.92. The van der Waals surface area contributed by atoms with Gasteiger partial charge in [-0.2, -0.15) is 0 Å². The monoisotopic (exact) mass is 342 g/mol. The largest absolute Gasteiger partial charge is 0.480 e. The molecule has 3 atom stereocenters. The van der Waals surface area contributed by atoms with Crippen LogP contribution in [-0.2, 0) is 11.3 Å². The maximum atomic E-state index is 12.0. The molecule has 25 heavy (non-hydrogen) atoms. The Bertz CT molecular complexity index is 568. The molecular weight excluding hydrogens is 311 g/mol. The van der Waals surface area contributed by atoms with Crippen LogP contribution in [0, 0.1) is 5.92 Å². The van der Waals surface area contributed by atoms with Crippen molar-refractivity contribution in [2.45, 2.75) is 75.4 Å². The number of carboxylic acid groups (broad SMARTS) is 1. The number of carboxylic acids is 1. The summed E-state index contributed by atoms with van der Waals surface area (Å²) >= 11 is 0. The van der Waals surface area contributed by atoms with Crippen molar-refractivity contribution >= 4 is 13.8 Å². The first kappa shape index (κ1) is 18.5. The van der Waals surface area contributed by atoms with Crippen LogP contribution in [0.4, 0.5) is 0 Å². The van der Waals surface area contributed by atoms with E-state index in [0.717, 1.165) is 38.5 Å². The molecule has 4 nitrogen and oxygen atoms in total. The quantitative estimate of drug-likeness (QED) is 0.563. The average molecular weight is 342 g/mol. The molecule has 0 saturated carbocycles. The van der Waals surface area contributed by atoms with E-state index in [1.54, 1.807) is 0 Å². The molecule has 2 aliphatic rings. The molecule has 0 amide bonds. The molecule has 2 fully saturated rings. The van der Waals surface area contributed by atoms with Gasteiger partial charge in [0.2, 0.25) is 0 Å². The van der Waals surface area contributed by atoms with Crippen LogP contribution < -0.4 is 5.73 Å². The average Bonchev–Trinajstić information content (AvgIpc) is 2.83. The summed E-state index contributed by atoms with van der Waals surface area (Å²) in [5.74, 6) is -0.698. The number of piperidine rings is 1. The number of hydrogen-bond donors (Lipinski definition) is 2. The molecule has 0 aromatic heterocycles. The van der Waals surface area contributed by atoms with Crippen molar-refractivity contribution in [3.8, 4) is 0 Å². The molecular formula is C20H31BN2O2. The number of rotatable bonds is 8. The maximum absolute atomic E-state index is 12.0. The summed E-state index contributed by atoms with van der Waals surface area (Å²) in [6.07, 6.45) is 7.90. The molecule has 3 unspecified atom stereocenters. The molecule has 0 aliphatic carbocycles. The van der Waals surface area contributed by atoms with Crippen molar-refractivity contribution < 1.29 is 9.90 Å².